The monoisotopic (exact) mass is 317 g/mol. The molecule has 0 spiro atoms. The molecule has 2 heterocycles. The van der Waals surface area contributed by atoms with E-state index >= 15 is 0 Å². The van der Waals surface area contributed by atoms with Gasteiger partial charge >= 0.3 is 0 Å². The second-order valence-electron chi connectivity index (χ2n) is 4.47. The van der Waals surface area contributed by atoms with Crippen molar-refractivity contribution in [1.29, 1.82) is 0 Å². The van der Waals surface area contributed by atoms with Gasteiger partial charge in [0.25, 0.3) is 0 Å². The number of halogens is 2. The van der Waals surface area contributed by atoms with Crippen LogP contribution in [0.2, 0.25) is 5.02 Å². The van der Waals surface area contributed by atoms with E-state index in [9.17, 15) is 0 Å². The second kappa shape index (κ2) is 6.03. The summed E-state index contributed by atoms with van der Waals surface area (Å²) in [5.74, 6) is 1.72. The van der Waals surface area contributed by atoms with Crippen molar-refractivity contribution in [2.45, 2.75) is 12.8 Å². The van der Waals surface area contributed by atoms with Crippen LogP contribution < -0.4 is 10.2 Å². The first-order valence-corrected chi connectivity index (χ1v) is 7.08. The highest BCUT2D eigenvalue weighted by molar-refractivity contribution is 9.10. The number of aromatic nitrogens is 1. The van der Waals surface area contributed by atoms with Crippen LogP contribution >= 0.6 is 27.5 Å². The van der Waals surface area contributed by atoms with Gasteiger partial charge in [-0.2, -0.15) is 0 Å². The summed E-state index contributed by atoms with van der Waals surface area (Å²) >= 11 is 9.45. The van der Waals surface area contributed by atoms with Gasteiger partial charge in [-0.25, -0.2) is 4.98 Å². The predicted molar refractivity (Wildman–Crippen MR) is 75.8 cm³/mol. The van der Waals surface area contributed by atoms with E-state index in [1.165, 1.54) is 12.8 Å². The molecule has 0 aliphatic carbocycles. The second-order valence-corrected chi connectivity index (χ2v) is 5.76. The summed E-state index contributed by atoms with van der Waals surface area (Å²) in [4.78, 5) is 6.76. The van der Waals surface area contributed by atoms with E-state index in [0.29, 0.717) is 10.9 Å². The summed E-state index contributed by atoms with van der Waals surface area (Å²) in [7, 11) is 2.01. The minimum atomic E-state index is 0.671. The Kier molecular flexibility index (Phi) is 4.65. The molecule has 1 saturated heterocycles. The fourth-order valence-electron chi connectivity index (χ4n) is 2.35. The number of nitrogens with zero attached hydrogens (tertiary/aromatic N) is 2. The van der Waals surface area contributed by atoms with Crippen LogP contribution in [0.3, 0.4) is 0 Å². The molecule has 1 fully saturated rings. The van der Waals surface area contributed by atoms with E-state index in [1.54, 1.807) is 6.20 Å². The molecule has 1 unspecified atom stereocenters. The number of anilines is 1. The van der Waals surface area contributed by atoms with Crippen molar-refractivity contribution >= 4 is 33.3 Å². The molecule has 5 heteroatoms. The van der Waals surface area contributed by atoms with E-state index in [1.807, 2.05) is 13.1 Å². The summed E-state index contributed by atoms with van der Waals surface area (Å²) in [6, 6.07) is 1.91. The first-order valence-electron chi connectivity index (χ1n) is 5.91. The van der Waals surface area contributed by atoms with Crippen molar-refractivity contribution < 1.29 is 0 Å². The Bertz CT molecular complexity index is 384. The zero-order valence-electron chi connectivity index (χ0n) is 9.92. The Morgan fingerprint density at radius 1 is 1.65 bits per heavy atom. The van der Waals surface area contributed by atoms with E-state index in [-0.39, 0.29) is 0 Å². The lowest BCUT2D eigenvalue weighted by Crippen LogP contribution is -2.39. The molecule has 0 saturated carbocycles. The van der Waals surface area contributed by atoms with Gasteiger partial charge in [-0.3, -0.25) is 0 Å². The molecular weight excluding hydrogens is 302 g/mol. The quantitative estimate of drug-likeness (QED) is 0.929. The molecule has 0 amide bonds. The number of piperidine rings is 1. The van der Waals surface area contributed by atoms with Crippen molar-refractivity contribution in [3.8, 4) is 0 Å². The molecular formula is C12H17BrClN3. The van der Waals surface area contributed by atoms with Crippen molar-refractivity contribution in [2.24, 2.45) is 5.92 Å². The lowest BCUT2D eigenvalue weighted by atomic mass is 9.98. The zero-order chi connectivity index (χ0) is 12.3. The van der Waals surface area contributed by atoms with Crippen LogP contribution in [0, 0.1) is 5.92 Å². The molecule has 1 aliphatic heterocycles. The van der Waals surface area contributed by atoms with Gasteiger partial charge in [-0.05, 0) is 54.3 Å². The first kappa shape index (κ1) is 13.1. The minimum Gasteiger partial charge on any atom is -0.355 e. The third-order valence-corrected chi connectivity index (χ3v) is 3.89. The Morgan fingerprint density at radius 2 is 2.47 bits per heavy atom. The van der Waals surface area contributed by atoms with E-state index in [2.05, 4.69) is 31.1 Å². The van der Waals surface area contributed by atoms with Crippen LogP contribution in [0.25, 0.3) is 0 Å². The highest BCUT2D eigenvalue weighted by Gasteiger charge is 2.21. The molecule has 0 radical (unpaired) electrons. The molecule has 1 aromatic rings. The standard InChI is InChI=1S/C12H17BrClN3/c1-15-6-9-3-2-4-17(8-9)12-11(13)5-10(14)7-16-12/h5,7,9,15H,2-4,6,8H2,1H3. The number of rotatable bonds is 3. The average molecular weight is 319 g/mol. The first-order chi connectivity index (χ1) is 8.20. The number of nitrogens with one attached hydrogen (secondary N) is 1. The summed E-state index contributed by atoms with van der Waals surface area (Å²) in [5, 5.41) is 3.92. The highest BCUT2D eigenvalue weighted by atomic mass is 79.9. The van der Waals surface area contributed by atoms with E-state index in [4.69, 9.17) is 11.6 Å². The van der Waals surface area contributed by atoms with Crippen molar-refractivity contribution in [3.63, 3.8) is 0 Å². The van der Waals surface area contributed by atoms with E-state index < -0.39 is 0 Å². The zero-order valence-corrected chi connectivity index (χ0v) is 12.3. The highest BCUT2D eigenvalue weighted by Crippen LogP contribution is 2.29. The Hall–Kier alpha value is -0.320. The minimum absolute atomic E-state index is 0.671. The van der Waals surface area contributed by atoms with Crippen LogP contribution in [0.1, 0.15) is 12.8 Å². The molecule has 2 rings (SSSR count). The smallest absolute Gasteiger partial charge is 0.142 e. The average Bonchev–Trinajstić information content (AvgIpc) is 2.29. The van der Waals surface area contributed by atoms with Gasteiger partial charge in [0.05, 0.1) is 9.50 Å². The van der Waals surface area contributed by atoms with E-state index in [0.717, 1.165) is 29.9 Å². The molecule has 1 atom stereocenters. The van der Waals surface area contributed by atoms with Crippen molar-refractivity contribution in [3.05, 3.63) is 21.8 Å². The topological polar surface area (TPSA) is 28.2 Å². The molecule has 1 aromatic heterocycles. The van der Waals surface area contributed by atoms with Crippen LogP contribution in [0.15, 0.2) is 16.7 Å². The maximum Gasteiger partial charge on any atom is 0.142 e. The van der Waals surface area contributed by atoms with Gasteiger partial charge in [0, 0.05) is 19.3 Å². The molecule has 17 heavy (non-hydrogen) atoms. The van der Waals surface area contributed by atoms with Gasteiger partial charge in [0.2, 0.25) is 0 Å². The van der Waals surface area contributed by atoms with Crippen molar-refractivity contribution in [1.82, 2.24) is 10.3 Å². The van der Waals surface area contributed by atoms with Gasteiger partial charge in [0.1, 0.15) is 5.82 Å². The molecule has 0 bridgehead atoms. The molecule has 94 valence electrons. The summed E-state index contributed by atoms with van der Waals surface area (Å²) in [6.07, 6.45) is 4.23. The molecule has 1 aliphatic rings. The maximum atomic E-state index is 5.91. The Labute approximate surface area is 116 Å². The Morgan fingerprint density at radius 3 is 3.18 bits per heavy atom. The molecule has 0 aromatic carbocycles. The lowest BCUT2D eigenvalue weighted by molar-refractivity contribution is 0.401. The van der Waals surface area contributed by atoms with Crippen LogP contribution in [0.4, 0.5) is 5.82 Å². The summed E-state index contributed by atoms with van der Waals surface area (Å²) < 4.78 is 0.982. The van der Waals surface area contributed by atoms with Crippen molar-refractivity contribution in [2.75, 3.05) is 31.6 Å². The predicted octanol–water partition coefficient (Wildman–Crippen LogP) is 2.93. The molecule has 1 N–H and O–H groups in total. The van der Waals surface area contributed by atoms with Gasteiger partial charge in [-0.15, -0.1) is 0 Å². The number of pyridine rings is 1. The van der Waals surface area contributed by atoms with Crippen LogP contribution in [-0.2, 0) is 0 Å². The maximum absolute atomic E-state index is 5.91. The largest absolute Gasteiger partial charge is 0.355 e. The third kappa shape index (κ3) is 3.33. The Balaban J connectivity index is 2.10. The van der Waals surface area contributed by atoms with Crippen LogP contribution in [0.5, 0.6) is 0 Å². The van der Waals surface area contributed by atoms with Crippen LogP contribution in [-0.4, -0.2) is 31.7 Å². The summed E-state index contributed by atoms with van der Waals surface area (Å²) in [5.41, 5.74) is 0. The summed E-state index contributed by atoms with van der Waals surface area (Å²) in [6.45, 7) is 3.21. The fourth-order valence-corrected chi connectivity index (χ4v) is 3.24. The van der Waals surface area contributed by atoms with Gasteiger partial charge in [0.15, 0.2) is 0 Å². The van der Waals surface area contributed by atoms with Gasteiger partial charge < -0.3 is 10.2 Å². The molecule has 3 nitrogen and oxygen atoms in total. The number of hydrogen-bond acceptors (Lipinski definition) is 3. The SMILES string of the molecule is CNCC1CCCN(c2ncc(Cl)cc2Br)C1. The number of hydrogen-bond donors (Lipinski definition) is 1. The lowest BCUT2D eigenvalue weighted by Gasteiger charge is -2.34. The van der Waals surface area contributed by atoms with Gasteiger partial charge in [-0.1, -0.05) is 11.6 Å². The fraction of sp³-hybridized carbons (Fsp3) is 0.583. The normalized spacial score (nSPS) is 20.6. The third-order valence-electron chi connectivity index (χ3n) is 3.10.